The van der Waals surface area contributed by atoms with Gasteiger partial charge in [-0.15, -0.1) is 0 Å². The SMILES string of the molecule is C.CCC/C=C/C1CCC(C2CCC(C3CCC(C)C(F)C3F)CC2)CC1.O.[HH].[HH]. The highest BCUT2D eigenvalue weighted by atomic mass is 19.2. The van der Waals surface area contributed by atoms with Crippen molar-refractivity contribution < 1.29 is 17.1 Å². The smallest absolute Gasteiger partial charge is 0.134 e. The average molecular weight is 405 g/mol. The normalized spacial score (nSPS) is 41.9. The van der Waals surface area contributed by atoms with Crippen LogP contribution in [0.3, 0.4) is 0 Å². The number of halogens is 2. The lowest BCUT2D eigenvalue weighted by Gasteiger charge is -2.42. The van der Waals surface area contributed by atoms with Crippen molar-refractivity contribution in [3.63, 3.8) is 0 Å². The van der Waals surface area contributed by atoms with Crippen LogP contribution in [0, 0.1) is 35.5 Å². The fourth-order valence-corrected chi connectivity index (χ4v) is 6.13. The Bertz CT molecular complexity index is 446. The van der Waals surface area contributed by atoms with Crippen molar-refractivity contribution in [2.24, 2.45) is 35.5 Å². The minimum Gasteiger partial charge on any atom is -0.412 e. The fraction of sp³-hybridized carbons (Fsp3) is 0.920. The van der Waals surface area contributed by atoms with E-state index in [1.54, 1.807) is 0 Å². The summed E-state index contributed by atoms with van der Waals surface area (Å²) >= 11 is 0. The molecule has 0 bridgehead atoms. The topological polar surface area (TPSA) is 31.5 Å². The summed E-state index contributed by atoms with van der Waals surface area (Å²) in [7, 11) is 0. The molecule has 0 amide bonds. The van der Waals surface area contributed by atoms with Gasteiger partial charge >= 0.3 is 0 Å². The predicted octanol–water partition coefficient (Wildman–Crippen LogP) is 7.98. The van der Waals surface area contributed by atoms with Gasteiger partial charge in [0.25, 0.3) is 0 Å². The summed E-state index contributed by atoms with van der Waals surface area (Å²) < 4.78 is 28.6. The second-order valence-corrected chi connectivity index (χ2v) is 9.67. The van der Waals surface area contributed by atoms with Gasteiger partial charge < -0.3 is 5.48 Å². The summed E-state index contributed by atoms with van der Waals surface area (Å²) in [4.78, 5) is 0. The molecule has 0 aliphatic heterocycles. The summed E-state index contributed by atoms with van der Waals surface area (Å²) in [6.45, 7) is 4.11. The zero-order chi connectivity index (χ0) is 18.5. The van der Waals surface area contributed by atoms with Gasteiger partial charge in [-0.3, -0.25) is 0 Å². The molecule has 0 aromatic carbocycles. The molecule has 3 saturated carbocycles. The number of hydrogen-bond acceptors (Lipinski definition) is 0. The van der Waals surface area contributed by atoms with Crippen LogP contribution in [0.2, 0.25) is 0 Å². The third-order valence-electron chi connectivity index (χ3n) is 7.98. The molecule has 3 heteroatoms. The molecule has 0 aromatic heterocycles. The zero-order valence-corrected chi connectivity index (χ0v) is 17.5. The Morgan fingerprint density at radius 3 is 1.89 bits per heavy atom. The van der Waals surface area contributed by atoms with Gasteiger partial charge in [-0.1, -0.05) is 39.8 Å². The molecule has 2 N–H and O–H groups in total. The van der Waals surface area contributed by atoms with E-state index in [0.717, 1.165) is 43.4 Å². The molecular weight excluding hydrogens is 354 g/mol. The quantitative estimate of drug-likeness (QED) is 0.416. The Morgan fingerprint density at radius 2 is 1.32 bits per heavy atom. The summed E-state index contributed by atoms with van der Waals surface area (Å²) in [6.07, 6.45) is 17.0. The summed E-state index contributed by atoms with van der Waals surface area (Å²) in [6, 6.07) is 0. The molecule has 1 nitrogen and oxygen atoms in total. The van der Waals surface area contributed by atoms with Gasteiger partial charge in [0.15, 0.2) is 0 Å². The molecular formula is C25H50F2O. The van der Waals surface area contributed by atoms with Crippen LogP contribution in [-0.2, 0) is 0 Å². The van der Waals surface area contributed by atoms with Gasteiger partial charge in [-0.05, 0) is 106 Å². The molecule has 4 unspecified atom stereocenters. The van der Waals surface area contributed by atoms with Gasteiger partial charge in [-0.2, -0.15) is 0 Å². The van der Waals surface area contributed by atoms with E-state index in [1.165, 1.54) is 51.4 Å². The highest BCUT2D eigenvalue weighted by Crippen LogP contribution is 2.47. The van der Waals surface area contributed by atoms with E-state index in [-0.39, 0.29) is 27.6 Å². The van der Waals surface area contributed by atoms with Gasteiger partial charge in [0, 0.05) is 2.85 Å². The van der Waals surface area contributed by atoms with Gasteiger partial charge in [0.05, 0.1) is 0 Å². The number of hydrogen-bond donors (Lipinski definition) is 0. The van der Waals surface area contributed by atoms with Crippen molar-refractivity contribution in [1.82, 2.24) is 0 Å². The summed E-state index contributed by atoms with van der Waals surface area (Å²) in [5, 5.41) is 0. The zero-order valence-electron chi connectivity index (χ0n) is 17.5. The highest BCUT2D eigenvalue weighted by molar-refractivity contribution is 4.94. The first-order chi connectivity index (χ1) is 12.6. The molecule has 4 atom stereocenters. The van der Waals surface area contributed by atoms with E-state index in [1.807, 2.05) is 6.92 Å². The van der Waals surface area contributed by atoms with Crippen molar-refractivity contribution in [2.45, 2.75) is 111 Å². The number of unbranched alkanes of at least 4 members (excludes halogenated alkanes) is 1. The van der Waals surface area contributed by atoms with Crippen LogP contribution in [0.15, 0.2) is 12.2 Å². The molecule has 0 radical (unpaired) electrons. The number of rotatable bonds is 5. The van der Waals surface area contributed by atoms with E-state index in [9.17, 15) is 8.78 Å². The maximum absolute atomic E-state index is 14.5. The minimum atomic E-state index is -1.22. The van der Waals surface area contributed by atoms with Crippen molar-refractivity contribution in [3.05, 3.63) is 12.2 Å². The average Bonchev–Trinajstić information content (AvgIpc) is 2.67. The van der Waals surface area contributed by atoms with Crippen LogP contribution in [0.4, 0.5) is 8.78 Å². The standard InChI is InChI=1S/C24H40F2.CH4.H2O.2H2/c1-3-4-5-6-18-8-10-19(11-9-18)20-12-14-21(15-13-20)22-16-7-17(2)23(25)24(22)26;;;;/h5-6,17-24H,3-4,7-16H2,1-2H3;1H4;1H2;2*1H/b6-5+;;;;. The summed E-state index contributed by atoms with van der Waals surface area (Å²) in [5.41, 5.74) is 0. The molecule has 3 fully saturated rings. The first-order valence-corrected chi connectivity index (χ1v) is 11.5. The summed E-state index contributed by atoms with van der Waals surface area (Å²) in [5.74, 6) is 2.93. The van der Waals surface area contributed by atoms with Crippen LogP contribution in [0.25, 0.3) is 0 Å². The number of allylic oxidation sites excluding steroid dienone is 2. The Labute approximate surface area is 176 Å². The van der Waals surface area contributed by atoms with E-state index < -0.39 is 12.3 Å². The van der Waals surface area contributed by atoms with Crippen molar-refractivity contribution in [3.8, 4) is 0 Å². The molecule has 0 heterocycles. The van der Waals surface area contributed by atoms with Crippen LogP contribution in [0.1, 0.15) is 101 Å². The molecule has 0 spiro atoms. The Kier molecular flexibility index (Phi) is 11.2. The minimum absolute atomic E-state index is 0. The van der Waals surface area contributed by atoms with Crippen molar-refractivity contribution >= 4 is 0 Å². The van der Waals surface area contributed by atoms with E-state index >= 15 is 0 Å². The maximum Gasteiger partial charge on any atom is 0.134 e. The lowest BCUT2D eigenvalue weighted by molar-refractivity contribution is -0.00986. The molecule has 3 rings (SSSR count). The lowest BCUT2D eigenvalue weighted by Crippen LogP contribution is -2.41. The molecule has 3 aliphatic rings. The van der Waals surface area contributed by atoms with Crippen LogP contribution in [0.5, 0.6) is 0 Å². The third-order valence-corrected chi connectivity index (χ3v) is 7.98. The Morgan fingerprint density at radius 1 is 0.786 bits per heavy atom. The molecule has 0 saturated heterocycles. The molecule has 3 aliphatic carbocycles. The Hall–Kier alpha value is -0.440. The van der Waals surface area contributed by atoms with Crippen molar-refractivity contribution in [2.75, 3.05) is 0 Å². The van der Waals surface area contributed by atoms with Crippen LogP contribution in [-0.4, -0.2) is 17.8 Å². The van der Waals surface area contributed by atoms with Gasteiger partial charge in [-0.25, -0.2) is 8.78 Å². The lowest BCUT2D eigenvalue weighted by atomic mass is 9.64. The Balaban J connectivity index is 0. The first-order valence-electron chi connectivity index (χ1n) is 11.5. The maximum atomic E-state index is 14.5. The van der Waals surface area contributed by atoms with Crippen LogP contribution < -0.4 is 0 Å². The fourth-order valence-electron chi connectivity index (χ4n) is 6.13. The van der Waals surface area contributed by atoms with Crippen molar-refractivity contribution in [1.29, 1.82) is 0 Å². The molecule has 28 heavy (non-hydrogen) atoms. The van der Waals surface area contributed by atoms with E-state index in [4.69, 9.17) is 0 Å². The third kappa shape index (κ3) is 6.28. The van der Waals surface area contributed by atoms with E-state index in [0.29, 0.717) is 5.92 Å². The largest absolute Gasteiger partial charge is 0.412 e. The van der Waals surface area contributed by atoms with Crippen LogP contribution >= 0.6 is 0 Å². The predicted molar refractivity (Wildman–Crippen MR) is 121 cm³/mol. The van der Waals surface area contributed by atoms with E-state index in [2.05, 4.69) is 19.1 Å². The molecule has 0 aromatic rings. The van der Waals surface area contributed by atoms with Gasteiger partial charge in [0.2, 0.25) is 0 Å². The first kappa shape index (κ1) is 25.6. The van der Waals surface area contributed by atoms with Gasteiger partial charge in [0.1, 0.15) is 12.3 Å². The highest BCUT2D eigenvalue weighted by Gasteiger charge is 2.43. The second kappa shape index (κ2) is 12.3. The second-order valence-electron chi connectivity index (χ2n) is 9.67. The monoisotopic (exact) mass is 404 g/mol. The molecule has 170 valence electrons. The number of alkyl halides is 2.